The average molecular weight is 323 g/mol. The lowest BCUT2D eigenvalue weighted by Crippen LogP contribution is -2.50. The molecular formula is C14H15ClN4OS. The first-order valence-electron chi connectivity index (χ1n) is 6.69. The van der Waals surface area contributed by atoms with Crippen LogP contribution in [0.2, 0.25) is 5.02 Å². The summed E-state index contributed by atoms with van der Waals surface area (Å²) in [6.45, 7) is 2.94. The van der Waals surface area contributed by atoms with Crippen molar-refractivity contribution in [3.63, 3.8) is 0 Å². The van der Waals surface area contributed by atoms with E-state index in [-0.39, 0.29) is 6.03 Å². The topological polar surface area (TPSA) is 48.5 Å². The van der Waals surface area contributed by atoms with Crippen LogP contribution in [0.25, 0.3) is 0 Å². The molecule has 1 aliphatic rings. The van der Waals surface area contributed by atoms with E-state index in [0.29, 0.717) is 23.8 Å². The van der Waals surface area contributed by atoms with Crippen LogP contribution in [0, 0.1) is 0 Å². The van der Waals surface area contributed by atoms with Crippen molar-refractivity contribution in [2.45, 2.75) is 0 Å². The van der Waals surface area contributed by atoms with Crippen LogP contribution in [0.5, 0.6) is 0 Å². The summed E-state index contributed by atoms with van der Waals surface area (Å²) in [4.78, 5) is 20.5. The van der Waals surface area contributed by atoms with Gasteiger partial charge in [-0.05, 0) is 12.1 Å². The predicted octanol–water partition coefficient (Wildman–Crippen LogP) is 3.15. The number of benzene rings is 1. The van der Waals surface area contributed by atoms with Crippen LogP contribution < -0.4 is 10.2 Å². The molecule has 1 fully saturated rings. The Morgan fingerprint density at radius 3 is 2.67 bits per heavy atom. The second-order valence-corrected chi connectivity index (χ2v) is 5.98. The molecule has 0 radical (unpaired) electrons. The first-order valence-corrected chi connectivity index (χ1v) is 7.95. The highest BCUT2D eigenvalue weighted by molar-refractivity contribution is 7.13. The van der Waals surface area contributed by atoms with Crippen LogP contribution in [0.3, 0.4) is 0 Å². The summed E-state index contributed by atoms with van der Waals surface area (Å²) in [5.74, 6) is 0. The van der Waals surface area contributed by atoms with E-state index in [4.69, 9.17) is 11.6 Å². The number of carbonyl (C=O) groups excluding carboxylic acids is 1. The molecule has 1 saturated heterocycles. The number of aromatic nitrogens is 1. The summed E-state index contributed by atoms with van der Waals surface area (Å²) < 4.78 is 0. The number of hydrogen-bond acceptors (Lipinski definition) is 4. The van der Waals surface area contributed by atoms with Gasteiger partial charge in [-0.2, -0.15) is 0 Å². The molecule has 1 N–H and O–H groups in total. The second kappa shape index (κ2) is 6.32. The number of nitrogens with one attached hydrogen (secondary N) is 1. The first kappa shape index (κ1) is 14.2. The largest absolute Gasteiger partial charge is 0.345 e. The lowest BCUT2D eigenvalue weighted by atomic mass is 10.3. The van der Waals surface area contributed by atoms with Gasteiger partial charge in [-0.15, -0.1) is 11.3 Å². The van der Waals surface area contributed by atoms with Crippen LogP contribution in [-0.4, -0.2) is 42.1 Å². The van der Waals surface area contributed by atoms with Gasteiger partial charge >= 0.3 is 6.03 Å². The second-order valence-electron chi connectivity index (χ2n) is 4.70. The van der Waals surface area contributed by atoms with Crippen molar-refractivity contribution in [2.24, 2.45) is 0 Å². The number of amides is 2. The molecule has 0 atom stereocenters. The number of para-hydroxylation sites is 1. The fraction of sp³-hybridized carbons (Fsp3) is 0.286. The maximum atomic E-state index is 12.2. The quantitative estimate of drug-likeness (QED) is 0.924. The van der Waals surface area contributed by atoms with Crippen LogP contribution in [0.4, 0.5) is 15.6 Å². The molecule has 2 amide bonds. The van der Waals surface area contributed by atoms with Crippen molar-refractivity contribution in [2.75, 3.05) is 36.4 Å². The minimum Gasteiger partial charge on any atom is -0.345 e. The van der Waals surface area contributed by atoms with Gasteiger partial charge in [-0.25, -0.2) is 9.78 Å². The van der Waals surface area contributed by atoms with Gasteiger partial charge in [0.2, 0.25) is 0 Å². The molecule has 2 heterocycles. The molecule has 2 aromatic rings. The number of carbonyl (C=O) groups is 1. The van der Waals surface area contributed by atoms with Crippen molar-refractivity contribution in [3.8, 4) is 0 Å². The maximum absolute atomic E-state index is 12.2. The summed E-state index contributed by atoms with van der Waals surface area (Å²) in [6.07, 6.45) is 1.80. The Hall–Kier alpha value is -1.79. The van der Waals surface area contributed by atoms with Gasteiger partial charge in [0.25, 0.3) is 0 Å². The van der Waals surface area contributed by atoms with E-state index in [1.165, 1.54) is 0 Å². The molecule has 0 saturated carbocycles. The molecule has 5 nitrogen and oxygen atoms in total. The van der Waals surface area contributed by atoms with Crippen molar-refractivity contribution in [1.29, 1.82) is 0 Å². The smallest absolute Gasteiger partial charge is 0.322 e. The molecule has 1 aromatic heterocycles. The third kappa shape index (κ3) is 3.28. The van der Waals surface area contributed by atoms with Crippen LogP contribution >= 0.6 is 22.9 Å². The Morgan fingerprint density at radius 2 is 2.00 bits per heavy atom. The van der Waals surface area contributed by atoms with E-state index in [2.05, 4.69) is 15.2 Å². The van der Waals surface area contributed by atoms with E-state index in [9.17, 15) is 4.79 Å². The highest BCUT2D eigenvalue weighted by atomic mass is 35.5. The van der Waals surface area contributed by atoms with E-state index < -0.39 is 0 Å². The molecule has 3 rings (SSSR count). The van der Waals surface area contributed by atoms with Gasteiger partial charge in [-0.1, -0.05) is 23.7 Å². The van der Waals surface area contributed by atoms with Gasteiger partial charge in [0.15, 0.2) is 5.13 Å². The zero-order valence-corrected chi connectivity index (χ0v) is 12.9. The van der Waals surface area contributed by atoms with Gasteiger partial charge in [0.05, 0.1) is 10.7 Å². The number of urea groups is 1. The monoisotopic (exact) mass is 322 g/mol. The number of hydrogen-bond donors (Lipinski definition) is 1. The molecule has 0 aliphatic carbocycles. The molecule has 1 aromatic carbocycles. The average Bonchev–Trinajstić information content (AvgIpc) is 3.04. The van der Waals surface area contributed by atoms with Gasteiger partial charge in [0, 0.05) is 37.8 Å². The number of piperazine rings is 1. The molecule has 0 spiro atoms. The van der Waals surface area contributed by atoms with Crippen molar-refractivity contribution < 1.29 is 4.79 Å². The van der Waals surface area contributed by atoms with Crippen LogP contribution in [0.15, 0.2) is 35.8 Å². The van der Waals surface area contributed by atoms with Crippen LogP contribution in [-0.2, 0) is 0 Å². The Kier molecular flexibility index (Phi) is 4.26. The summed E-state index contributed by atoms with van der Waals surface area (Å²) in [7, 11) is 0. The van der Waals surface area contributed by atoms with Crippen molar-refractivity contribution >= 4 is 39.8 Å². The fourth-order valence-electron chi connectivity index (χ4n) is 2.23. The van der Waals surface area contributed by atoms with Crippen LogP contribution in [0.1, 0.15) is 0 Å². The predicted molar refractivity (Wildman–Crippen MR) is 86.4 cm³/mol. The molecule has 21 heavy (non-hydrogen) atoms. The molecule has 110 valence electrons. The Balaban J connectivity index is 1.57. The Morgan fingerprint density at radius 1 is 1.24 bits per heavy atom. The third-order valence-corrected chi connectivity index (χ3v) is 4.53. The summed E-state index contributed by atoms with van der Waals surface area (Å²) in [5.41, 5.74) is 0.645. The minimum absolute atomic E-state index is 0.109. The molecule has 1 aliphatic heterocycles. The summed E-state index contributed by atoms with van der Waals surface area (Å²) in [5, 5.41) is 6.38. The number of thiazole rings is 1. The normalized spacial score (nSPS) is 15.1. The molecular weight excluding hydrogens is 308 g/mol. The number of rotatable bonds is 2. The highest BCUT2D eigenvalue weighted by Crippen LogP contribution is 2.22. The first-order chi connectivity index (χ1) is 10.2. The number of halogens is 1. The van der Waals surface area contributed by atoms with Gasteiger partial charge < -0.3 is 15.1 Å². The lowest BCUT2D eigenvalue weighted by molar-refractivity contribution is 0.208. The van der Waals surface area contributed by atoms with E-state index in [0.717, 1.165) is 18.2 Å². The summed E-state index contributed by atoms with van der Waals surface area (Å²) in [6, 6.07) is 7.14. The zero-order chi connectivity index (χ0) is 14.7. The summed E-state index contributed by atoms with van der Waals surface area (Å²) >= 11 is 7.67. The van der Waals surface area contributed by atoms with Crippen molar-refractivity contribution in [1.82, 2.24) is 9.88 Å². The lowest BCUT2D eigenvalue weighted by Gasteiger charge is -2.34. The standard InChI is InChI=1S/C14H15ClN4OS/c15-11-3-1-2-4-12(11)17-13(20)18-6-8-19(9-7-18)14-16-5-10-21-14/h1-5,10H,6-9H2,(H,17,20). The minimum atomic E-state index is -0.109. The number of nitrogens with zero attached hydrogens (tertiary/aromatic N) is 3. The van der Waals surface area contributed by atoms with E-state index >= 15 is 0 Å². The third-order valence-electron chi connectivity index (χ3n) is 3.37. The Bertz CT molecular complexity index is 611. The molecule has 0 unspecified atom stereocenters. The van der Waals surface area contributed by atoms with Gasteiger partial charge in [-0.3, -0.25) is 0 Å². The SMILES string of the molecule is O=C(Nc1ccccc1Cl)N1CCN(c2nccs2)CC1. The van der Waals surface area contributed by atoms with E-state index in [1.54, 1.807) is 34.6 Å². The zero-order valence-electron chi connectivity index (χ0n) is 11.3. The molecule has 7 heteroatoms. The Labute approximate surface area is 132 Å². The number of anilines is 2. The van der Waals surface area contributed by atoms with Gasteiger partial charge in [0.1, 0.15) is 0 Å². The van der Waals surface area contributed by atoms with E-state index in [1.807, 2.05) is 17.5 Å². The maximum Gasteiger partial charge on any atom is 0.322 e. The fourth-order valence-corrected chi connectivity index (χ4v) is 3.11. The van der Waals surface area contributed by atoms with Crippen molar-refractivity contribution in [3.05, 3.63) is 40.9 Å². The molecule has 0 bridgehead atoms. The highest BCUT2D eigenvalue weighted by Gasteiger charge is 2.22.